The smallest absolute Gasteiger partial charge is 0.353 e. The van der Waals surface area contributed by atoms with Crippen LogP contribution in [0.1, 0.15) is 15.9 Å². The molecule has 1 aromatic carbocycles. The molecule has 3 aromatic rings. The lowest BCUT2D eigenvalue weighted by molar-refractivity contribution is -0.383. The minimum Gasteiger partial charge on any atom is -0.465 e. The Kier molecular flexibility index (Phi) is 5.40. The number of nitro groups is 1. The van der Waals surface area contributed by atoms with Crippen LogP contribution in [0.2, 0.25) is 0 Å². The van der Waals surface area contributed by atoms with Crippen LogP contribution in [-0.2, 0) is 4.74 Å². The number of hydrogen-bond acceptors (Lipinski definition) is 9. The van der Waals surface area contributed by atoms with Gasteiger partial charge in [-0.1, -0.05) is 12.1 Å². The molecule has 0 radical (unpaired) electrons. The van der Waals surface area contributed by atoms with Crippen molar-refractivity contribution in [2.45, 2.75) is 6.92 Å². The number of carbonyl (C=O) groups excluding carboxylic acids is 1. The summed E-state index contributed by atoms with van der Waals surface area (Å²) < 4.78 is 4.74. The third-order valence-electron chi connectivity index (χ3n) is 3.75. The Morgan fingerprint density at radius 1 is 1.11 bits per heavy atom. The number of anilines is 4. The number of esters is 1. The van der Waals surface area contributed by atoms with Crippen molar-refractivity contribution in [3.63, 3.8) is 0 Å². The van der Waals surface area contributed by atoms with E-state index in [-0.39, 0.29) is 22.9 Å². The minimum atomic E-state index is -0.610. The number of benzene rings is 1. The van der Waals surface area contributed by atoms with E-state index in [9.17, 15) is 14.9 Å². The van der Waals surface area contributed by atoms with Crippen molar-refractivity contribution in [1.82, 2.24) is 15.0 Å². The van der Waals surface area contributed by atoms with Crippen molar-refractivity contribution in [3.8, 4) is 0 Å². The second kappa shape index (κ2) is 8.08. The molecule has 0 aliphatic carbocycles. The number of nitrogens with one attached hydrogen (secondary N) is 2. The van der Waals surface area contributed by atoms with Gasteiger partial charge in [-0.25, -0.2) is 19.7 Å². The van der Waals surface area contributed by atoms with Crippen LogP contribution in [0, 0.1) is 17.0 Å². The molecule has 2 heterocycles. The summed E-state index contributed by atoms with van der Waals surface area (Å²) in [4.78, 5) is 35.1. The Labute approximate surface area is 159 Å². The molecule has 0 aliphatic heterocycles. The fourth-order valence-electron chi connectivity index (χ4n) is 2.47. The van der Waals surface area contributed by atoms with Crippen LogP contribution in [-0.4, -0.2) is 33.0 Å². The molecular weight excluding hydrogens is 364 g/mol. The van der Waals surface area contributed by atoms with Crippen LogP contribution < -0.4 is 10.6 Å². The number of nitrogens with zero attached hydrogens (tertiary/aromatic N) is 4. The number of aromatic nitrogens is 3. The first-order valence-electron chi connectivity index (χ1n) is 8.13. The van der Waals surface area contributed by atoms with Gasteiger partial charge in [-0.15, -0.1) is 0 Å². The second-order valence-corrected chi connectivity index (χ2v) is 5.68. The number of ether oxygens (including phenoxy) is 1. The van der Waals surface area contributed by atoms with Crippen LogP contribution >= 0.6 is 0 Å². The van der Waals surface area contributed by atoms with Crippen molar-refractivity contribution in [2.75, 3.05) is 17.7 Å². The quantitative estimate of drug-likeness (QED) is 0.375. The van der Waals surface area contributed by atoms with Gasteiger partial charge in [-0.05, 0) is 36.8 Å². The summed E-state index contributed by atoms with van der Waals surface area (Å²) in [6.45, 7) is 1.87. The highest BCUT2D eigenvalue weighted by Gasteiger charge is 2.25. The fraction of sp³-hybridized carbons (Fsp3) is 0.111. The van der Waals surface area contributed by atoms with Crippen LogP contribution in [0.15, 0.2) is 48.9 Å². The second-order valence-electron chi connectivity index (χ2n) is 5.68. The normalized spacial score (nSPS) is 10.2. The van der Waals surface area contributed by atoms with E-state index in [2.05, 4.69) is 25.6 Å². The number of para-hydroxylation sites is 1. The zero-order valence-electron chi connectivity index (χ0n) is 15.0. The summed E-state index contributed by atoms with van der Waals surface area (Å²) >= 11 is 0. The van der Waals surface area contributed by atoms with Crippen molar-refractivity contribution in [2.24, 2.45) is 0 Å². The molecule has 0 amide bonds. The first kappa shape index (κ1) is 18.7. The van der Waals surface area contributed by atoms with Gasteiger partial charge in [0.1, 0.15) is 12.1 Å². The molecule has 0 fully saturated rings. The molecular formula is C18H16N6O4. The van der Waals surface area contributed by atoms with E-state index >= 15 is 0 Å². The Hall–Kier alpha value is -4.08. The van der Waals surface area contributed by atoms with Gasteiger partial charge < -0.3 is 15.4 Å². The third kappa shape index (κ3) is 4.01. The SMILES string of the molecule is COC(=O)c1ccccc1Nc1ncnc(Nc2cc(C)ccn2)c1[N+](=O)[O-]. The number of aryl methyl sites for hydroxylation is 1. The molecule has 3 rings (SSSR count). The van der Waals surface area contributed by atoms with Crippen molar-refractivity contribution >= 4 is 34.8 Å². The van der Waals surface area contributed by atoms with Crippen LogP contribution in [0.25, 0.3) is 0 Å². The predicted octanol–water partition coefficient (Wildman–Crippen LogP) is 3.36. The molecule has 0 saturated carbocycles. The van der Waals surface area contributed by atoms with E-state index in [1.54, 1.807) is 36.5 Å². The molecule has 142 valence electrons. The Morgan fingerprint density at radius 3 is 2.50 bits per heavy atom. The highest BCUT2D eigenvalue weighted by molar-refractivity contribution is 5.96. The number of methoxy groups -OCH3 is 1. The molecule has 0 unspecified atom stereocenters. The molecule has 0 spiro atoms. The number of rotatable bonds is 6. The summed E-state index contributed by atoms with van der Waals surface area (Å²) in [7, 11) is 1.25. The molecule has 10 nitrogen and oxygen atoms in total. The number of hydrogen-bond donors (Lipinski definition) is 2. The van der Waals surface area contributed by atoms with Gasteiger partial charge in [0.05, 0.1) is 23.3 Å². The maximum atomic E-state index is 11.9. The number of carbonyl (C=O) groups is 1. The van der Waals surface area contributed by atoms with Crippen molar-refractivity contribution in [3.05, 3.63) is 70.2 Å². The topological polar surface area (TPSA) is 132 Å². The van der Waals surface area contributed by atoms with Gasteiger partial charge >= 0.3 is 11.7 Å². The fourth-order valence-corrected chi connectivity index (χ4v) is 2.47. The molecule has 2 N–H and O–H groups in total. The largest absolute Gasteiger partial charge is 0.465 e. The Bertz CT molecular complexity index is 1040. The van der Waals surface area contributed by atoms with Crippen molar-refractivity contribution in [1.29, 1.82) is 0 Å². The lowest BCUT2D eigenvalue weighted by Crippen LogP contribution is -2.09. The van der Waals surface area contributed by atoms with E-state index in [4.69, 9.17) is 4.74 Å². The predicted molar refractivity (Wildman–Crippen MR) is 102 cm³/mol. The standard InChI is InChI=1S/C18H16N6O4/c1-11-7-8-19-14(9-11)23-17-15(24(26)27)16(20-10-21-17)22-13-6-4-3-5-12(13)18(25)28-2/h3-10H,1-2H3,(H2,19,20,21,22,23). The summed E-state index contributed by atoms with van der Waals surface area (Å²) in [6, 6.07) is 9.99. The minimum absolute atomic E-state index is 0.0313. The average molecular weight is 380 g/mol. The van der Waals surface area contributed by atoms with E-state index in [0.29, 0.717) is 11.5 Å². The van der Waals surface area contributed by atoms with Crippen molar-refractivity contribution < 1.29 is 14.5 Å². The highest BCUT2D eigenvalue weighted by Crippen LogP contribution is 2.33. The summed E-state index contributed by atoms with van der Waals surface area (Å²) in [5.41, 5.74) is 1.08. The molecule has 10 heteroatoms. The van der Waals surface area contributed by atoms with E-state index in [1.807, 2.05) is 6.92 Å². The molecule has 0 atom stereocenters. The first-order chi connectivity index (χ1) is 13.5. The molecule has 28 heavy (non-hydrogen) atoms. The summed E-state index contributed by atoms with van der Waals surface area (Å²) in [5.74, 6) is -0.285. The Morgan fingerprint density at radius 2 is 1.82 bits per heavy atom. The van der Waals surface area contributed by atoms with Gasteiger partial charge in [0.25, 0.3) is 0 Å². The Balaban J connectivity index is 2.01. The zero-order chi connectivity index (χ0) is 20.1. The molecule has 0 bridgehead atoms. The van der Waals surface area contributed by atoms with Gasteiger partial charge in [0.15, 0.2) is 0 Å². The molecule has 2 aromatic heterocycles. The van der Waals surface area contributed by atoms with Gasteiger partial charge in [-0.2, -0.15) is 0 Å². The average Bonchev–Trinajstić information content (AvgIpc) is 2.68. The summed E-state index contributed by atoms with van der Waals surface area (Å²) in [6.07, 6.45) is 2.75. The van der Waals surface area contributed by atoms with Crippen LogP contribution in [0.5, 0.6) is 0 Å². The maximum Gasteiger partial charge on any atom is 0.353 e. The van der Waals surface area contributed by atoms with E-state index in [0.717, 1.165) is 5.56 Å². The highest BCUT2D eigenvalue weighted by atomic mass is 16.6. The maximum absolute atomic E-state index is 11.9. The lowest BCUT2D eigenvalue weighted by atomic mass is 10.2. The summed E-state index contributed by atoms with van der Waals surface area (Å²) in [5, 5.41) is 17.4. The van der Waals surface area contributed by atoms with Gasteiger partial charge in [0, 0.05) is 6.20 Å². The first-order valence-corrected chi connectivity index (χ1v) is 8.13. The molecule has 0 saturated heterocycles. The van der Waals surface area contributed by atoms with E-state index in [1.165, 1.54) is 19.5 Å². The van der Waals surface area contributed by atoms with E-state index < -0.39 is 10.9 Å². The van der Waals surface area contributed by atoms with Gasteiger partial charge in [-0.3, -0.25) is 10.1 Å². The van der Waals surface area contributed by atoms with Crippen LogP contribution in [0.4, 0.5) is 28.8 Å². The molecule has 0 aliphatic rings. The monoisotopic (exact) mass is 380 g/mol. The zero-order valence-corrected chi connectivity index (χ0v) is 15.0. The number of pyridine rings is 1. The third-order valence-corrected chi connectivity index (χ3v) is 3.75. The lowest BCUT2D eigenvalue weighted by Gasteiger charge is -2.12. The van der Waals surface area contributed by atoms with Crippen LogP contribution in [0.3, 0.4) is 0 Å². The van der Waals surface area contributed by atoms with Gasteiger partial charge in [0.2, 0.25) is 11.6 Å².